The molecule has 0 N–H and O–H groups in total. The van der Waals surface area contributed by atoms with Crippen molar-refractivity contribution in [3.63, 3.8) is 0 Å². The Morgan fingerprint density at radius 2 is 1.64 bits per heavy atom. The maximum Gasteiger partial charge on any atom is 0.149 e. The Hall–Kier alpha value is 0.660. The van der Waals surface area contributed by atoms with Crippen LogP contribution in [0.15, 0.2) is 0 Å². The van der Waals surface area contributed by atoms with Crippen LogP contribution < -0.4 is 0 Å². The van der Waals surface area contributed by atoms with Gasteiger partial charge in [0, 0.05) is 5.75 Å². The summed E-state index contributed by atoms with van der Waals surface area (Å²) in [5, 5.41) is 0. The molecule has 0 aliphatic heterocycles. The maximum atomic E-state index is 11.9. The van der Waals surface area contributed by atoms with E-state index in [4.69, 9.17) is 11.6 Å². The Kier molecular flexibility index (Phi) is 3.27. The topological polar surface area (TPSA) is 17.1 Å². The van der Waals surface area contributed by atoms with Crippen molar-refractivity contribution >= 4 is 39.0 Å². The van der Waals surface area contributed by atoms with Gasteiger partial charge in [0.25, 0.3) is 0 Å². The second kappa shape index (κ2) is 3.60. The van der Waals surface area contributed by atoms with Crippen molar-refractivity contribution in [1.29, 1.82) is 0 Å². The fraction of sp³-hybridized carbons (Fsp3) is 0.900. The minimum absolute atomic E-state index is 0.268. The van der Waals surface area contributed by atoms with E-state index in [1.165, 1.54) is 0 Å². The number of Topliss-reactive ketones (excluding diaryl/α,β-unsaturated/α-hetero) is 1. The molecule has 82 valence electrons. The summed E-state index contributed by atoms with van der Waals surface area (Å²) >= 11 is 6.59. The molecule has 0 heterocycles. The van der Waals surface area contributed by atoms with Crippen LogP contribution in [0.4, 0.5) is 0 Å². The fourth-order valence-electron chi connectivity index (χ4n) is 2.14. The Balaban J connectivity index is 2.91. The highest BCUT2D eigenvalue weighted by Gasteiger charge is 2.72. The maximum absolute atomic E-state index is 11.9. The molecule has 0 aromatic heterocycles. The van der Waals surface area contributed by atoms with E-state index in [9.17, 15) is 4.79 Å². The molecule has 0 unspecified atom stereocenters. The molecule has 0 spiro atoms. The van der Waals surface area contributed by atoms with E-state index in [1.54, 1.807) is 21.6 Å². The van der Waals surface area contributed by atoms with Gasteiger partial charge >= 0.3 is 0 Å². The second-order valence-corrected chi connectivity index (χ2v) is 8.25. The molecule has 0 atom stereocenters. The number of carbonyl (C=O) groups is 1. The lowest BCUT2D eigenvalue weighted by Gasteiger charge is -2.60. The van der Waals surface area contributed by atoms with Crippen LogP contribution in [0, 0.1) is 10.8 Å². The summed E-state index contributed by atoms with van der Waals surface area (Å²) in [6, 6.07) is 0. The first-order valence-electron chi connectivity index (χ1n) is 4.76. The number of carbonyl (C=O) groups excluding carboxylic acids is 1. The van der Waals surface area contributed by atoms with Crippen molar-refractivity contribution in [3.8, 4) is 0 Å². The first kappa shape index (κ1) is 12.7. The van der Waals surface area contributed by atoms with Crippen molar-refractivity contribution < 1.29 is 4.79 Å². The molecular weight excluding hydrogens is 236 g/mol. The molecule has 1 aliphatic carbocycles. The highest BCUT2D eigenvalue weighted by molar-refractivity contribution is 8.77. The molecule has 1 rings (SSSR count). The van der Waals surface area contributed by atoms with Crippen LogP contribution in [0.1, 0.15) is 34.6 Å². The average molecular weight is 253 g/mol. The Morgan fingerprint density at radius 1 is 1.21 bits per heavy atom. The van der Waals surface area contributed by atoms with E-state index in [-0.39, 0.29) is 5.78 Å². The molecular formula is C10H17ClOS2. The van der Waals surface area contributed by atoms with Crippen LogP contribution in [0.2, 0.25) is 0 Å². The van der Waals surface area contributed by atoms with E-state index >= 15 is 0 Å². The summed E-state index contributed by atoms with van der Waals surface area (Å²) < 4.78 is -0.461. The van der Waals surface area contributed by atoms with E-state index in [1.807, 2.05) is 27.7 Å². The molecule has 1 fully saturated rings. The largest absolute Gasteiger partial charge is 0.298 e. The van der Waals surface area contributed by atoms with Crippen molar-refractivity contribution in [3.05, 3.63) is 0 Å². The SMILES string of the molecule is CCSSC1(Cl)C(C)(C)C(=O)C1(C)C. The highest BCUT2D eigenvalue weighted by atomic mass is 35.5. The third kappa shape index (κ3) is 1.35. The highest BCUT2D eigenvalue weighted by Crippen LogP contribution is 2.69. The van der Waals surface area contributed by atoms with E-state index in [0.717, 1.165) is 5.75 Å². The number of halogens is 1. The summed E-state index contributed by atoms with van der Waals surface area (Å²) in [4.78, 5) is 11.9. The van der Waals surface area contributed by atoms with Crippen molar-refractivity contribution in [2.75, 3.05) is 5.75 Å². The summed E-state index contributed by atoms with van der Waals surface area (Å²) in [6.45, 7) is 9.86. The lowest BCUT2D eigenvalue weighted by atomic mass is 9.54. The number of alkyl halides is 1. The first-order chi connectivity index (χ1) is 6.22. The van der Waals surface area contributed by atoms with Gasteiger partial charge < -0.3 is 0 Å². The van der Waals surface area contributed by atoms with Crippen molar-refractivity contribution in [2.24, 2.45) is 10.8 Å². The number of hydrogen-bond acceptors (Lipinski definition) is 3. The lowest BCUT2D eigenvalue weighted by Crippen LogP contribution is -2.69. The summed E-state index contributed by atoms with van der Waals surface area (Å²) in [7, 11) is 3.37. The van der Waals surface area contributed by atoms with Gasteiger partial charge in [-0.25, -0.2) is 0 Å². The third-order valence-electron chi connectivity index (χ3n) is 3.03. The molecule has 1 nitrogen and oxygen atoms in total. The zero-order chi connectivity index (χ0) is 11.2. The quantitative estimate of drug-likeness (QED) is 0.559. The molecule has 0 radical (unpaired) electrons. The second-order valence-electron chi connectivity index (χ2n) is 4.66. The molecule has 0 aromatic carbocycles. The fourth-order valence-corrected chi connectivity index (χ4v) is 5.69. The summed E-state index contributed by atoms with van der Waals surface area (Å²) in [5.74, 6) is 1.28. The minimum Gasteiger partial charge on any atom is -0.298 e. The number of hydrogen-bond donors (Lipinski definition) is 0. The first-order valence-corrected chi connectivity index (χ1v) is 7.46. The Labute approximate surface area is 99.1 Å². The Bertz CT molecular complexity index is 243. The van der Waals surface area contributed by atoms with Crippen molar-refractivity contribution in [2.45, 2.75) is 38.8 Å². The van der Waals surface area contributed by atoms with E-state index in [2.05, 4.69) is 6.92 Å². The predicted molar refractivity (Wildman–Crippen MR) is 66.9 cm³/mol. The smallest absolute Gasteiger partial charge is 0.149 e. The van der Waals surface area contributed by atoms with Gasteiger partial charge in [-0.15, -0.1) is 11.6 Å². The van der Waals surface area contributed by atoms with Gasteiger partial charge in [0.1, 0.15) is 9.99 Å². The molecule has 0 saturated heterocycles. The molecule has 1 aliphatic rings. The van der Waals surface area contributed by atoms with Crippen LogP contribution in [0.5, 0.6) is 0 Å². The van der Waals surface area contributed by atoms with Gasteiger partial charge in [-0.1, -0.05) is 56.2 Å². The monoisotopic (exact) mass is 252 g/mol. The molecule has 0 bridgehead atoms. The summed E-state index contributed by atoms with van der Waals surface area (Å²) in [5.41, 5.74) is -0.824. The number of rotatable bonds is 3. The zero-order valence-corrected chi connectivity index (χ0v) is 11.7. The number of ketones is 1. The van der Waals surface area contributed by atoms with Gasteiger partial charge in [0.15, 0.2) is 0 Å². The average Bonchev–Trinajstić information content (AvgIpc) is 2.11. The van der Waals surface area contributed by atoms with E-state index in [0.29, 0.717) is 0 Å². The van der Waals surface area contributed by atoms with Crippen LogP contribution in [-0.2, 0) is 4.79 Å². The van der Waals surface area contributed by atoms with Crippen LogP contribution in [0.25, 0.3) is 0 Å². The summed E-state index contributed by atoms with van der Waals surface area (Å²) in [6.07, 6.45) is 0. The van der Waals surface area contributed by atoms with Crippen molar-refractivity contribution in [1.82, 2.24) is 0 Å². The van der Waals surface area contributed by atoms with Crippen LogP contribution >= 0.6 is 33.2 Å². The van der Waals surface area contributed by atoms with Crippen LogP contribution in [-0.4, -0.2) is 15.7 Å². The molecule has 4 heteroatoms. The zero-order valence-electron chi connectivity index (χ0n) is 9.31. The van der Waals surface area contributed by atoms with Gasteiger partial charge in [0.05, 0.1) is 10.8 Å². The van der Waals surface area contributed by atoms with Gasteiger partial charge in [-0.3, -0.25) is 4.79 Å². The Morgan fingerprint density at radius 3 is 2.00 bits per heavy atom. The molecule has 0 aromatic rings. The minimum atomic E-state index is -0.461. The van der Waals surface area contributed by atoms with E-state index < -0.39 is 15.0 Å². The lowest BCUT2D eigenvalue weighted by molar-refractivity contribution is -0.153. The standard InChI is InChI=1S/C10H17ClOS2/c1-6-13-14-10(11)8(2,3)7(12)9(10,4)5/h6H2,1-5H3. The molecule has 14 heavy (non-hydrogen) atoms. The van der Waals surface area contributed by atoms with Gasteiger partial charge in [-0.2, -0.15) is 0 Å². The predicted octanol–water partition coefficient (Wildman–Crippen LogP) is 3.96. The van der Waals surface area contributed by atoms with Gasteiger partial charge in [0.2, 0.25) is 0 Å². The normalized spacial score (nSPS) is 27.1. The molecule has 0 amide bonds. The third-order valence-corrected chi connectivity index (χ3v) is 7.90. The van der Waals surface area contributed by atoms with Gasteiger partial charge in [-0.05, 0) is 0 Å². The van der Waals surface area contributed by atoms with Crippen LogP contribution in [0.3, 0.4) is 0 Å². The molecule has 1 saturated carbocycles.